The van der Waals surface area contributed by atoms with Crippen molar-refractivity contribution < 1.29 is 4.79 Å². The summed E-state index contributed by atoms with van der Waals surface area (Å²) in [5, 5.41) is 15.0. The summed E-state index contributed by atoms with van der Waals surface area (Å²) >= 11 is 0. The van der Waals surface area contributed by atoms with E-state index in [-0.39, 0.29) is 11.9 Å². The molecule has 0 aliphatic carbocycles. The molecule has 0 unspecified atom stereocenters. The molecule has 2 aromatic rings. The van der Waals surface area contributed by atoms with Gasteiger partial charge in [0.2, 0.25) is 0 Å². The molecule has 0 aromatic carbocycles. The molecule has 1 atom stereocenters. The average molecular weight is 317 g/mol. The fourth-order valence-electron chi connectivity index (χ4n) is 2.84. The highest BCUT2D eigenvalue weighted by Gasteiger charge is 2.32. The van der Waals surface area contributed by atoms with Crippen molar-refractivity contribution >= 4 is 5.91 Å². The summed E-state index contributed by atoms with van der Waals surface area (Å²) in [5.74, 6) is 2.24. The van der Waals surface area contributed by atoms with Crippen LogP contribution in [0.25, 0.3) is 0 Å². The Hall–Kier alpha value is -2.25. The van der Waals surface area contributed by atoms with Crippen LogP contribution in [-0.2, 0) is 13.0 Å². The van der Waals surface area contributed by atoms with Crippen molar-refractivity contribution in [2.75, 3.05) is 6.54 Å². The molecule has 1 aliphatic heterocycles. The standard InChI is InChI=1S/C15H23N7O/c1-9(2)5-6-12-16-14-11(4)21(7-8-22(14)19-12)15(23)13-10(3)17-20-18-13/h9,11H,5-8H2,1-4H3,(H,17,18,20)/t11-/m1/s1. The van der Waals surface area contributed by atoms with E-state index >= 15 is 0 Å². The van der Waals surface area contributed by atoms with Gasteiger partial charge in [-0.2, -0.15) is 20.5 Å². The van der Waals surface area contributed by atoms with E-state index in [0.717, 1.165) is 24.5 Å². The molecule has 3 heterocycles. The number of amides is 1. The van der Waals surface area contributed by atoms with Crippen molar-refractivity contribution in [1.29, 1.82) is 0 Å². The topological polar surface area (TPSA) is 92.6 Å². The molecular formula is C15H23N7O. The van der Waals surface area contributed by atoms with Gasteiger partial charge in [0.25, 0.3) is 5.91 Å². The van der Waals surface area contributed by atoms with Gasteiger partial charge in [-0.05, 0) is 26.2 Å². The van der Waals surface area contributed by atoms with Gasteiger partial charge in [-0.1, -0.05) is 13.8 Å². The SMILES string of the molecule is Cc1n[nH]nc1C(=O)N1CCn2nc(CCC(C)C)nc2[C@H]1C. The number of aromatic nitrogens is 6. The van der Waals surface area contributed by atoms with Gasteiger partial charge >= 0.3 is 0 Å². The lowest BCUT2D eigenvalue weighted by Gasteiger charge is -2.32. The van der Waals surface area contributed by atoms with Gasteiger partial charge in [-0.15, -0.1) is 0 Å². The highest BCUT2D eigenvalue weighted by Crippen LogP contribution is 2.25. The zero-order chi connectivity index (χ0) is 16.6. The number of nitrogens with zero attached hydrogens (tertiary/aromatic N) is 6. The number of carbonyl (C=O) groups is 1. The fourth-order valence-corrected chi connectivity index (χ4v) is 2.84. The summed E-state index contributed by atoms with van der Waals surface area (Å²) in [7, 11) is 0. The zero-order valence-electron chi connectivity index (χ0n) is 14.1. The summed E-state index contributed by atoms with van der Waals surface area (Å²) in [6, 6.07) is -0.118. The van der Waals surface area contributed by atoms with Crippen molar-refractivity contribution in [3.63, 3.8) is 0 Å². The monoisotopic (exact) mass is 317 g/mol. The Labute approximate surface area is 135 Å². The quantitative estimate of drug-likeness (QED) is 0.922. The van der Waals surface area contributed by atoms with Gasteiger partial charge in [-0.25, -0.2) is 9.67 Å². The van der Waals surface area contributed by atoms with Crippen molar-refractivity contribution in [3.05, 3.63) is 23.0 Å². The van der Waals surface area contributed by atoms with E-state index < -0.39 is 0 Å². The zero-order valence-corrected chi connectivity index (χ0v) is 14.1. The number of hydrogen-bond donors (Lipinski definition) is 1. The molecule has 0 radical (unpaired) electrons. The van der Waals surface area contributed by atoms with Crippen LogP contribution in [0.1, 0.15) is 61.1 Å². The molecule has 1 N–H and O–H groups in total. The van der Waals surface area contributed by atoms with Crippen molar-refractivity contribution in [3.8, 4) is 0 Å². The van der Waals surface area contributed by atoms with Crippen molar-refractivity contribution in [2.24, 2.45) is 5.92 Å². The van der Waals surface area contributed by atoms with Crippen LogP contribution in [0.2, 0.25) is 0 Å². The Bertz CT molecular complexity index is 702. The van der Waals surface area contributed by atoms with Gasteiger partial charge in [-0.3, -0.25) is 4.79 Å². The smallest absolute Gasteiger partial charge is 0.276 e. The number of hydrogen-bond acceptors (Lipinski definition) is 5. The second-order valence-corrected chi connectivity index (χ2v) is 6.47. The maximum absolute atomic E-state index is 12.7. The van der Waals surface area contributed by atoms with Crippen LogP contribution in [0.5, 0.6) is 0 Å². The predicted molar refractivity (Wildman–Crippen MR) is 83.8 cm³/mol. The minimum Gasteiger partial charge on any atom is -0.325 e. The van der Waals surface area contributed by atoms with E-state index in [4.69, 9.17) is 0 Å². The van der Waals surface area contributed by atoms with Gasteiger partial charge in [0.1, 0.15) is 5.82 Å². The molecule has 1 aliphatic rings. The summed E-state index contributed by atoms with van der Waals surface area (Å²) in [5.41, 5.74) is 0.997. The van der Waals surface area contributed by atoms with Gasteiger partial charge < -0.3 is 4.90 Å². The second-order valence-electron chi connectivity index (χ2n) is 6.47. The normalized spacial score (nSPS) is 17.6. The summed E-state index contributed by atoms with van der Waals surface area (Å²) in [6.07, 6.45) is 1.94. The number of carbonyl (C=O) groups excluding carboxylic acids is 1. The van der Waals surface area contributed by atoms with Crippen LogP contribution >= 0.6 is 0 Å². The van der Waals surface area contributed by atoms with Gasteiger partial charge in [0.05, 0.1) is 18.3 Å². The molecule has 1 amide bonds. The number of aromatic amines is 1. The Morgan fingerprint density at radius 2 is 2.13 bits per heavy atom. The summed E-state index contributed by atoms with van der Waals surface area (Å²) in [6.45, 7) is 9.42. The van der Waals surface area contributed by atoms with E-state index in [0.29, 0.717) is 30.4 Å². The van der Waals surface area contributed by atoms with Crippen LogP contribution in [0, 0.1) is 12.8 Å². The van der Waals surface area contributed by atoms with E-state index in [2.05, 4.69) is 39.3 Å². The predicted octanol–water partition coefficient (Wildman–Crippen LogP) is 1.51. The van der Waals surface area contributed by atoms with Crippen LogP contribution in [-0.4, -0.2) is 47.5 Å². The lowest BCUT2D eigenvalue weighted by molar-refractivity contribution is 0.0624. The maximum atomic E-state index is 12.7. The van der Waals surface area contributed by atoms with Crippen LogP contribution in [0.15, 0.2) is 0 Å². The molecule has 124 valence electrons. The second kappa shape index (κ2) is 6.10. The number of nitrogens with one attached hydrogen (secondary N) is 1. The van der Waals surface area contributed by atoms with E-state index in [1.54, 1.807) is 11.8 Å². The van der Waals surface area contributed by atoms with E-state index in [9.17, 15) is 4.79 Å². The third-order valence-corrected chi connectivity index (χ3v) is 4.27. The van der Waals surface area contributed by atoms with E-state index in [1.807, 2.05) is 11.6 Å². The molecule has 2 aromatic heterocycles. The molecule has 23 heavy (non-hydrogen) atoms. The minimum atomic E-state index is -0.118. The number of H-pyrrole nitrogens is 1. The van der Waals surface area contributed by atoms with Crippen LogP contribution in [0.4, 0.5) is 0 Å². The van der Waals surface area contributed by atoms with Crippen LogP contribution in [0.3, 0.4) is 0 Å². The Balaban J connectivity index is 1.79. The first kappa shape index (κ1) is 15.6. The molecule has 0 spiro atoms. The first-order valence-electron chi connectivity index (χ1n) is 8.09. The first-order chi connectivity index (χ1) is 11.0. The fraction of sp³-hybridized carbons (Fsp3) is 0.667. The molecule has 0 fully saturated rings. The lowest BCUT2D eigenvalue weighted by atomic mass is 10.1. The summed E-state index contributed by atoms with van der Waals surface area (Å²) < 4.78 is 1.93. The Kier molecular flexibility index (Phi) is 4.14. The first-order valence-corrected chi connectivity index (χ1v) is 8.09. The molecule has 0 saturated heterocycles. The number of aryl methyl sites for hydroxylation is 2. The maximum Gasteiger partial charge on any atom is 0.276 e. The van der Waals surface area contributed by atoms with Crippen molar-refractivity contribution in [2.45, 2.75) is 53.1 Å². The minimum absolute atomic E-state index is 0.110. The average Bonchev–Trinajstić information content (AvgIpc) is 3.11. The molecule has 0 bridgehead atoms. The molecule has 8 nitrogen and oxygen atoms in total. The highest BCUT2D eigenvalue weighted by molar-refractivity contribution is 5.93. The molecule has 3 rings (SSSR count). The molecule has 0 saturated carbocycles. The summed E-state index contributed by atoms with van der Waals surface area (Å²) in [4.78, 5) is 19.1. The van der Waals surface area contributed by atoms with Crippen LogP contribution < -0.4 is 0 Å². The van der Waals surface area contributed by atoms with Crippen molar-refractivity contribution in [1.82, 2.24) is 35.1 Å². The molecule has 8 heteroatoms. The number of rotatable bonds is 4. The highest BCUT2D eigenvalue weighted by atomic mass is 16.2. The Morgan fingerprint density at radius 1 is 1.35 bits per heavy atom. The third kappa shape index (κ3) is 2.97. The van der Waals surface area contributed by atoms with Gasteiger partial charge in [0.15, 0.2) is 11.5 Å². The third-order valence-electron chi connectivity index (χ3n) is 4.27. The van der Waals surface area contributed by atoms with E-state index in [1.165, 1.54) is 0 Å². The Morgan fingerprint density at radius 3 is 2.78 bits per heavy atom. The van der Waals surface area contributed by atoms with Gasteiger partial charge in [0, 0.05) is 13.0 Å². The lowest BCUT2D eigenvalue weighted by Crippen LogP contribution is -2.41. The molecular weight excluding hydrogens is 294 g/mol. The number of fused-ring (bicyclic) bond motifs is 1. The largest absolute Gasteiger partial charge is 0.325 e.